The normalized spacial score (nSPS) is 17.8. The lowest BCUT2D eigenvalue weighted by Gasteiger charge is -2.47. The second-order valence-electron chi connectivity index (χ2n) is 10.8. The third kappa shape index (κ3) is 7.50. The highest BCUT2D eigenvalue weighted by atomic mass is 32.2. The van der Waals surface area contributed by atoms with Gasteiger partial charge in [-0.3, -0.25) is 5.32 Å². The van der Waals surface area contributed by atoms with Gasteiger partial charge in [-0.2, -0.15) is 13.7 Å². The van der Waals surface area contributed by atoms with Crippen molar-refractivity contribution in [1.29, 1.82) is 5.26 Å². The molecule has 2 aromatic carbocycles. The second-order valence-corrected chi connectivity index (χ2v) is 11.8. The van der Waals surface area contributed by atoms with E-state index in [9.17, 15) is 23.6 Å². The zero-order valence-electron chi connectivity index (χ0n) is 24.5. The number of nitrogens with two attached hydrogens (primary N) is 1. The quantitative estimate of drug-likeness (QED) is 0.216. The van der Waals surface area contributed by atoms with Crippen LogP contribution < -0.4 is 15.8 Å². The van der Waals surface area contributed by atoms with Crippen molar-refractivity contribution in [3.05, 3.63) is 65.7 Å². The fraction of sp³-hybridized carbons (Fsp3) is 0.516. The Hall–Kier alpha value is -3.43. The molecule has 0 aliphatic carbocycles. The first kappa shape index (κ1) is 33.1. The van der Waals surface area contributed by atoms with Crippen molar-refractivity contribution in [2.75, 3.05) is 20.3 Å². The number of carbonyl (C=O) groups excluding carboxylic acids is 1. The van der Waals surface area contributed by atoms with Crippen molar-refractivity contribution in [3.63, 3.8) is 0 Å². The van der Waals surface area contributed by atoms with Crippen LogP contribution in [-0.4, -0.2) is 56.6 Å². The van der Waals surface area contributed by atoms with E-state index in [4.69, 9.17) is 19.9 Å². The predicted octanol–water partition coefficient (Wildman–Crippen LogP) is 3.85. The van der Waals surface area contributed by atoms with Gasteiger partial charge in [-0.1, -0.05) is 69.2 Å². The zero-order chi connectivity index (χ0) is 30.8. The number of nitrogens with one attached hydrogen (secondary N) is 1. The van der Waals surface area contributed by atoms with Gasteiger partial charge in [-0.15, -0.1) is 0 Å². The minimum absolute atomic E-state index is 0.0821. The molecule has 1 amide bonds. The van der Waals surface area contributed by atoms with E-state index in [2.05, 4.69) is 11.4 Å². The molecule has 0 radical (unpaired) electrons. The molecule has 10 nitrogen and oxygen atoms in total. The summed E-state index contributed by atoms with van der Waals surface area (Å²) in [6.07, 6.45) is 0.609. The van der Waals surface area contributed by atoms with Crippen molar-refractivity contribution in [2.45, 2.75) is 76.2 Å². The van der Waals surface area contributed by atoms with Crippen LogP contribution in [0.15, 0.2) is 54.6 Å². The van der Waals surface area contributed by atoms with Crippen molar-refractivity contribution in [2.24, 2.45) is 11.1 Å². The molecular formula is C31H41N3O7S. The third-order valence-electron chi connectivity index (χ3n) is 8.37. The first-order chi connectivity index (χ1) is 20.1. The molecule has 1 saturated heterocycles. The lowest BCUT2D eigenvalue weighted by atomic mass is 9.68. The number of ether oxygens (including phenoxy) is 3. The van der Waals surface area contributed by atoms with E-state index in [1.165, 1.54) is 19.2 Å². The Morgan fingerprint density at radius 3 is 2.36 bits per heavy atom. The summed E-state index contributed by atoms with van der Waals surface area (Å²) in [6, 6.07) is 17.3. The summed E-state index contributed by atoms with van der Waals surface area (Å²) in [7, 11) is -1.46. The molecule has 3 atom stereocenters. The molecule has 42 heavy (non-hydrogen) atoms. The smallest absolute Gasteiger partial charge is 0.409 e. The largest absolute Gasteiger partial charge is 0.497 e. The number of nitrogens with zero attached hydrogens (tertiary/aromatic N) is 1. The van der Waals surface area contributed by atoms with Crippen molar-refractivity contribution < 1.29 is 32.5 Å². The van der Waals surface area contributed by atoms with Gasteiger partial charge < -0.3 is 25.1 Å². The number of methoxy groups -OCH3 is 1. The summed E-state index contributed by atoms with van der Waals surface area (Å²) in [4.78, 5) is 13.0. The fourth-order valence-electron chi connectivity index (χ4n) is 5.56. The molecule has 0 bridgehead atoms. The standard InChI is InChI=1S/C31H41N3O7S/c1-4-29(5-2,17-9-18-32)21-27(42(37)38)31(36,24-12-14-25(39-3)15-13-24)30(33,20-23-10-7-6-8-11-23)34-28(35)41-26-16-19-40-22-26/h6-8,10-15,26,36H,4-5,9,16-17,19-22,33H2,1-3H3,(H,34,35). The highest BCUT2D eigenvalue weighted by molar-refractivity contribution is 7.73. The number of hydrogen-bond acceptors (Lipinski definition) is 9. The van der Waals surface area contributed by atoms with Gasteiger partial charge in [-0.25, -0.2) is 4.79 Å². The van der Waals surface area contributed by atoms with E-state index < -0.39 is 39.2 Å². The summed E-state index contributed by atoms with van der Waals surface area (Å²) >= 11 is 0. The molecule has 1 aliphatic rings. The maximum atomic E-state index is 13.3. The van der Waals surface area contributed by atoms with Gasteiger partial charge in [0.05, 0.1) is 31.3 Å². The van der Waals surface area contributed by atoms with Crippen LogP contribution in [0.5, 0.6) is 5.75 Å². The molecular weight excluding hydrogens is 558 g/mol. The molecule has 4 N–H and O–H groups in total. The number of benzene rings is 2. The molecule has 0 spiro atoms. The minimum Gasteiger partial charge on any atom is -0.497 e. The number of nitriles is 1. The Bertz CT molecular complexity index is 1360. The van der Waals surface area contributed by atoms with Crippen LogP contribution in [0.3, 0.4) is 0 Å². The summed E-state index contributed by atoms with van der Waals surface area (Å²) in [5.41, 5.74) is 2.69. The maximum absolute atomic E-state index is 13.3. The molecule has 1 heterocycles. The van der Waals surface area contributed by atoms with Crippen LogP contribution in [0.1, 0.15) is 63.5 Å². The molecule has 228 valence electrons. The molecule has 0 saturated carbocycles. The summed E-state index contributed by atoms with van der Waals surface area (Å²) in [6.45, 7) is 4.52. The first-order valence-electron chi connectivity index (χ1n) is 14.1. The van der Waals surface area contributed by atoms with Crippen molar-refractivity contribution >= 4 is 21.3 Å². The average molecular weight is 600 g/mol. The number of aliphatic hydroxyl groups is 1. The molecule has 11 heteroatoms. The molecule has 3 unspecified atom stereocenters. The molecule has 1 fully saturated rings. The minimum atomic E-state index is -2.95. The second kappa shape index (κ2) is 14.6. The number of rotatable bonds is 14. The Labute approximate surface area is 249 Å². The van der Waals surface area contributed by atoms with E-state index in [0.29, 0.717) is 43.6 Å². The summed E-state index contributed by atoms with van der Waals surface area (Å²) in [5.74, 6) is 0.482. The number of hydrogen-bond donors (Lipinski definition) is 3. The van der Waals surface area contributed by atoms with Gasteiger partial charge in [0, 0.05) is 19.3 Å². The first-order valence-corrected chi connectivity index (χ1v) is 15.2. The summed E-state index contributed by atoms with van der Waals surface area (Å²) in [5, 5.41) is 24.9. The van der Waals surface area contributed by atoms with Crippen molar-refractivity contribution in [3.8, 4) is 11.8 Å². The predicted molar refractivity (Wildman–Crippen MR) is 159 cm³/mol. The number of amides is 1. The Kier molecular flexibility index (Phi) is 11.5. The van der Waals surface area contributed by atoms with Gasteiger partial charge in [0.1, 0.15) is 17.5 Å². The Balaban J connectivity index is 2.26. The van der Waals surface area contributed by atoms with Crippen LogP contribution >= 0.6 is 0 Å². The van der Waals surface area contributed by atoms with Crippen molar-refractivity contribution in [1.82, 2.24) is 5.32 Å². The SMILES string of the molecule is CCC(CC)(CCC#N)CC(=S(=O)=O)C(O)(c1ccc(OC)cc1)C(N)(Cc1ccccc1)NC(=O)OC1CCOC1. The van der Waals surface area contributed by atoms with Gasteiger partial charge in [0.25, 0.3) is 0 Å². The molecule has 1 aliphatic heterocycles. The topological polar surface area (TPSA) is 161 Å². The lowest BCUT2D eigenvalue weighted by Crippen LogP contribution is -2.73. The van der Waals surface area contributed by atoms with Crippen LogP contribution in [0.25, 0.3) is 0 Å². The molecule has 3 rings (SSSR count). The van der Waals surface area contributed by atoms with Crippen LogP contribution in [0.2, 0.25) is 0 Å². The van der Waals surface area contributed by atoms with E-state index >= 15 is 0 Å². The Morgan fingerprint density at radius 2 is 1.83 bits per heavy atom. The fourth-order valence-corrected chi connectivity index (χ4v) is 6.53. The zero-order valence-corrected chi connectivity index (χ0v) is 25.3. The molecule has 2 aromatic rings. The van der Waals surface area contributed by atoms with Gasteiger partial charge in [0.15, 0.2) is 5.60 Å². The highest BCUT2D eigenvalue weighted by Gasteiger charge is 2.56. The van der Waals surface area contributed by atoms with Gasteiger partial charge >= 0.3 is 6.09 Å². The van der Waals surface area contributed by atoms with Gasteiger partial charge in [-0.05, 0) is 41.5 Å². The van der Waals surface area contributed by atoms with Crippen LogP contribution in [0, 0.1) is 16.7 Å². The summed E-state index contributed by atoms with van der Waals surface area (Å²) < 4.78 is 42.6. The van der Waals surface area contributed by atoms with E-state index in [1.54, 1.807) is 36.4 Å². The van der Waals surface area contributed by atoms with E-state index in [1.807, 2.05) is 19.9 Å². The van der Waals surface area contributed by atoms with Crippen LogP contribution in [0.4, 0.5) is 4.79 Å². The third-order valence-corrected chi connectivity index (χ3v) is 9.22. The number of carbonyl (C=O) groups is 1. The maximum Gasteiger partial charge on any atom is 0.409 e. The van der Waals surface area contributed by atoms with Gasteiger partial charge in [0.2, 0.25) is 10.3 Å². The Morgan fingerprint density at radius 1 is 1.17 bits per heavy atom. The average Bonchev–Trinajstić information content (AvgIpc) is 3.50. The van der Waals surface area contributed by atoms with Crippen LogP contribution in [-0.2, 0) is 31.8 Å². The monoisotopic (exact) mass is 599 g/mol. The highest BCUT2D eigenvalue weighted by Crippen LogP contribution is 2.43. The molecule has 0 aromatic heterocycles. The number of alkyl carbamates (subject to hydrolysis) is 1. The van der Waals surface area contributed by atoms with E-state index in [0.717, 1.165) is 0 Å². The van der Waals surface area contributed by atoms with E-state index in [-0.39, 0.29) is 36.3 Å². The lowest BCUT2D eigenvalue weighted by molar-refractivity contribution is -0.00426.